The van der Waals surface area contributed by atoms with Gasteiger partial charge in [0.2, 0.25) is 5.91 Å². The van der Waals surface area contributed by atoms with E-state index in [9.17, 15) is 14.0 Å². The average Bonchev–Trinajstić information content (AvgIpc) is 2.49. The molecule has 0 saturated carbocycles. The Balaban J connectivity index is 1.85. The monoisotopic (exact) mass is 279 g/mol. The van der Waals surface area contributed by atoms with Gasteiger partial charge in [-0.15, -0.1) is 0 Å². The number of nitrogens with zero attached hydrogens (tertiary/aromatic N) is 1. The molecule has 0 bridgehead atoms. The maximum atomic E-state index is 12.8. The van der Waals surface area contributed by atoms with Gasteiger partial charge in [-0.3, -0.25) is 9.59 Å². The van der Waals surface area contributed by atoms with Crippen molar-refractivity contribution >= 4 is 11.9 Å². The number of amides is 1. The number of hydrogen-bond donors (Lipinski definition) is 0. The average molecular weight is 279 g/mol. The first-order valence-electron chi connectivity index (χ1n) is 6.70. The van der Waals surface area contributed by atoms with Gasteiger partial charge < -0.3 is 9.64 Å². The fourth-order valence-corrected chi connectivity index (χ4v) is 2.42. The van der Waals surface area contributed by atoms with E-state index in [2.05, 4.69) is 0 Å². The molecule has 1 aliphatic rings. The van der Waals surface area contributed by atoms with Gasteiger partial charge in [-0.1, -0.05) is 12.1 Å². The van der Waals surface area contributed by atoms with Gasteiger partial charge in [0.25, 0.3) is 0 Å². The van der Waals surface area contributed by atoms with E-state index < -0.39 is 0 Å². The fraction of sp³-hybridized carbons (Fsp3) is 0.467. The first kappa shape index (κ1) is 14.5. The van der Waals surface area contributed by atoms with Gasteiger partial charge in [-0.25, -0.2) is 4.39 Å². The Morgan fingerprint density at radius 2 is 1.85 bits per heavy atom. The third-order valence-electron chi connectivity index (χ3n) is 3.65. The molecule has 1 saturated heterocycles. The molecule has 108 valence electrons. The maximum absolute atomic E-state index is 12.8. The molecular formula is C15H18FNO3. The summed E-state index contributed by atoms with van der Waals surface area (Å²) in [6, 6.07) is 5.95. The normalized spacial score (nSPS) is 16.0. The van der Waals surface area contributed by atoms with Crippen molar-refractivity contribution < 1.29 is 18.7 Å². The van der Waals surface area contributed by atoms with Gasteiger partial charge in [0.05, 0.1) is 19.4 Å². The summed E-state index contributed by atoms with van der Waals surface area (Å²) in [7, 11) is 1.38. The number of piperidine rings is 1. The standard InChI is InChI=1S/C15H18FNO3/c1-20-15(19)12-6-8-17(9-7-12)14(18)10-11-2-4-13(16)5-3-11/h2-5,12H,6-10H2,1H3. The van der Waals surface area contributed by atoms with Crippen LogP contribution in [0.4, 0.5) is 4.39 Å². The van der Waals surface area contributed by atoms with E-state index >= 15 is 0 Å². The molecular weight excluding hydrogens is 261 g/mol. The molecule has 0 spiro atoms. The zero-order valence-corrected chi connectivity index (χ0v) is 11.5. The largest absolute Gasteiger partial charge is 0.469 e. The van der Waals surface area contributed by atoms with E-state index in [0.29, 0.717) is 25.9 Å². The molecule has 4 nitrogen and oxygen atoms in total. The number of ether oxygens (including phenoxy) is 1. The highest BCUT2D eigenvalue weighted by Gasteiger charge is 2.27. The molecule has 0 N–H and O–H groups in total. The molecule has 0 aliphatic carbocycles. The van der Waals surface area contributed by atoms with Crippen LogP contribution in [0.25, 0.3) is 0 Å². The van der Waals surface area contributed by atoms with Crippen molar-refractivity contribution in [2.24, 2.45) is 5.92 Å². The predicted octanol–water partition coefficient (Wildman–Crippen LogP) is 1.78. The van der Waals surface area contributed by atoms with Crippen LogP contribution in [0.5, 0.6) is 0 Å². The molecule has 1 fully saturated rings. The van der Waals surface area contributed by atoms with Crippen molar-refractivity contribution in [1.29, 1.82) is 0 Å². The third kappa shape index (κ3) is 3.56. The topological polar surface area (TPSA) is 46.6 Å². The Morgan fingerprint density at radius 3 is 2.40 bits per heavy atom. The van der Waals surface area contributed by atoms with Gasteiger partial charge in [-0.05, 0) is 30.5 Å². The summed E-state index contributed by atoms with van der Waals surface area (Å²) < 4.78 is 17.5. The summed E-state index contributed by atoms with van der Waals surface area (Å²) >= 11 is 0. The molecule has 1 aromatic rings. The van der Waals surface area contributed by atoms with Crippen LogP contribution in [-0.2, 0) is 20.7 Å². The lowest BCUT2D eigenvalue weighted by Gasteiger charge is -2.30. The van der Waals surface area contributed by atoms with Crippen molar-refractivity contribution in [2.75, 3.05) is 20.2 Å². The predicted molar refractivity (Wildman–Crippen MR) is 71.4 cm³/mol. The zero-order chi connectivity index (χ0) is 14.5. The lowest BCUT2D eigenvalue weighted by Crippen LogP contribution is -2.41. The summed E-state index contributed by atoms with van der Waals surface area (Å²) in [5.74, 6) is -0.592. The lowest BCUT2D eigenvalue weighted by atomic mass is 9.96. The molecule has 20 heavy (non-hydrogen) atoms. The minimum Gasteiger partial charge on any atom is -0.469 e. The smallest absolute Gasteiger partial charge is 0.308 e. The van der Waals surface area contributed by atoms with Crippen LogP contribution in [0.15, 0.2) is 24.3 Å². The third-order valence-corrected chi connectivity index (χ3v) is 3.65. The summed E-state index contributed by atoms with van der Waals surface area (Å²) in [5.41, 5.74) is 0.798. The molecule has 1 amide bonds. The first-order chi connectivity index (χ1) is 9.60. The van der Waals surface area contributed by atoms with Crippen molar-refractivity contribution in [3.05, 3.63) is 35.6 Å². The fourth-order valence-electron chi connectivity index (χ4n) is 2.42. The van der Waals surface area contributed by atoms with E-state index in [-0.39, 0.29) is 30.0 Å². The molecule has 1 aliphatic heterocycles. The summed E-state index contributed by atoms with van der Waals surface area (Å²) in [6.07, 6.45) is 1.55. The molecule has 2 rings (SSSR count). The van der Waals surface area contributed by atoms with Crippen molar-refractivity contribution in [3.63, 3.8) is 0 Å². The molecule has 0 atom stereocenters. The Kier molecular flexibility index (Phi) is 4.71. The number of rotatable bonds is 3. The lowest BCUT2D eigenvalue weighted by molar-refractivity contribution is -0.148. The summed E-state index contributed by atoms with van der Waals surface area (Å²) in [6.45, 7) is 1.14. The number of hydrogen-bond acceptors (Lipinski definition) is 3. The van der Waals surface area contributed by atoms with E-state index in [1.54, 1.807) is 17.0 Å². The van der Waals surface area contributed by atoms with Crippen LogP contribution in [0.1, 0.15) is 18.4 Å². The van der Waals surface area contributed by atoms with Gasteiger partial charge in [0.1, 0.15) is 5.82 Å². The minimum absolute atomic E-state index is 0.0138. The quantitative estimate of drug-likeness (QED) is 0.792. The molecule has 0 aromatic heterocycles. The van der Waals surface area contributed by atoms with E-state index in [1.807, 2.05) is 0 Å². The number of benzene rings is 1. The molecule has 5 heteroatoms. The molecule has 0 radical (unpaired) electrons. The van der Waals surface area contributed by atoms with Crippen LogP contribution < -0.4 is 0 Å². The van der Waals surface area contributed by atoms with Gasteiger partial charge in [0, 0.05) is 13.1 Å². The van der Waals surface area contributed by atoms with Gasteiger partial charge in [0.15, 0.2) is 0 Å². The molecule has 0 unspecified atom stereocenters. The Bertz CT molecular complexity index is 478. The van der Waals surface area contributed by atoms with Crippen molar-refractivity contribution in [1.82, 2.24) is 4.90 Å². The number of esters is 1. The van der Waals surface area contributed by atoms with Gasteiger partial charge >= 0.3 is 5.97 Å². The Morgan fingerprint density at radius 1 is 1.25 bits per heavy atom. The van der Waals surface area contributed by atoms with Crippen molar-refractivity contribution in [3.8, 4) is 0 Å². The van der Waals surface area contributed by atoms with Gasteiger partial charge in [-0.2, -0.15) is 0 Å². The SMILES string of the molecule is COC(=O)C1CCN(C(=O)Cc2ccc(F)cc2)CC1. The first-order valence-corrected chi connectivity index (χ1v) is 6.70. The number of methoxy groups -OCH3 is 1. The number of halogens is 1. The number of likely N-dealkylation sites (tertiary alicyclic amines) is 1. The summed E-state index contributed by atoms with van der Waals surface area (Å²) in [5, 5.41) is 0. The second kappa shape index (κ2) is 6.50. The van der Waals surface area contributed by atoms with Crippen LogP contribution in [0.3, 0.4) is 0 Å². The van der Waals surface area contributed by atoms with Crippen molar-refractivity contribution in [2.45, 2.75) is 19.3 Å². The van der Waals surface area contributed by atoms with E-state index in [4.69, 9.17) is 4.74 Å². The zero-order valence-electron chi connectivity index (χ0n) is 11.5. The van der Waals surface area contributed by atoms with E-state index in [0.717, 1.165) is 5.56 Å². The highest BCUT2D eigenvalue weighted by Crippen LogP contribution is 2.19. The van der Waals surface area contributed by atoms with Crippen LogP contribution >= 0.6 is 0 Å². The minimum atomic E-state index is -0.305. The number of carbonyl (C=O) groups is 2. The van der Waals surface area contributed by atoms with Crippen LogP contribution in [0.2, 0.25) is 0 Å². The molecule has 1 heterocycles. The summed E-state index contributed by atoms with van der Waals surface area (Å²) in [4.78, 5) is 25.3. The number of carbonyl (C=O) groups excluding carboxylic acids is 2. The molecule has 1 aromatic carbocycles. The second-order valence-electron chi connectivity index (χ2n) is 4.98. The van der Waals surface area contributed by atoms with Crippen LogP contribution in [-0.4, -0.2) is 37.0 Å². The maximum Gasteiger partial charge on any atom is 0.308 e. The Labute approximate surface area is 117 Å². The van der Waals surface area contributed by atoms with Crippen LogP contribution in [0, 0.1) is 11.7 Å². The van der Waals surface area contributed by atoms with E-state index in [1.165, 1.54) is 19.2 Å². The Hall–Kier alpha value is -1.91. The highest BCUT2D eigenvalue weighted by molar-refractivity contribution is 5.79. The highest BCUT2D eigenvalue weighted by atomic mass is 19.1. The second-order valence-corrected chi connectivity index (χ2v) is 4.98.